The smallest absolute Gasteiger partial charge is 0.170 e. The molecule has 6 heteroatoms. The molecule has 0 aliphatic heterocycles. The number of nitrogens with zero attached hydrogens (tertiary/aromatic N) is 1. The van der Waals surface area contributed by atoms with Crippen LogP contribution in [0, 0.1) is 22.2 Å². The van der Waals surface area contributed by atoms with Gasteiger partial charge in [0.05, 0.1) is 16.7 Å². The monoisotopic (exact) mass is 527 g/mol. The van der Waals surface area contributed by atoms with Crippen molar-refractivity contribution in [1.82, 2.24) is 0 Å². The number of rotatable bonds is 6. The highest BCUT2D eigenvalue weighted by Crippen LogP contribution is 2.67. The van der Waals surface area contributed by atoms with E-state index in [-0.39, 0.29) is 29.3 Å². The van der Waals surface area contributed by atoms with E-state index < -0.39 is 0 Å². The summed E-state index contributed by atoms with van der Waals surface area (Å²) < 4.78 is 12.9. The molecule has 0 aromatic heterocycles. The van der Waals surface area contributed by atoms with Crippen LogP contribution in [0.1, 0.15) is 68.9 Å². The van der Waals surface area contributed by atoms with Gasteiger partial charge >= 0.3 is 0 Å². The summed E-state index contributed by atoms with van der Waals surface area (Å²) in [6.45, 7) is 3.23. The lowest BCUT2D eigenvalue weighted by Crippen LogP contribution is -2.54. The predicted octanol–water partition coefficient (Wildman–Crippen LogP) is 6.61. The van der Waals surface area contributed by atoms with Crippen molar-refractivity contribution in [1.29, 1.82) is 0 Å². The number of hydrogen-bond acceptors (Lipinski definition) is 5. The minimum atomic E-state index is -0.290. The van der Waals surface area contributed by atoms with Gasteiger partial charge in [-0.3, -0.25) is 4.79 Å². The Bertz CT molecular complexity index is 1060. The number of nitroso groups, excluding NO2 is 1. The number of carbonyl (C=O) groups excluding carboxylic acids is 1. The molecule has 0 radical (unpaired) electrons. The Morgan fingerprint density at radius 2 is 1.85 bits per heavy atom. The number of Topliss-reactive ketones (excluding diaryl/α,β-unsaturated/α-hetero) is 1. The molecule has 182 valence electrons. The molecular formula is C28H34BrNO4. The number of ether oxygens (including phenoxy) is 2. The molecule has 5 atom stereocenters. The number of carbonyl (C=O) groups is 1. The third-order valence-electron chi connectivity index (χ3n) is 9.53. The van der Waals surface area contributed by atoms with Crippen LogP contribution >= 0.6 is 15.9 Å². The van der Waals surface area contributed by atoms with E-state index in [1.54, 1.807) is 12.7 Å². The van der Waals surface area contributed by atoms with E-state index in [0.29, 0.717) is 24.9 Å². The molecule has 4 aliphatic carbocycles. The molecule has 0 saturated heterocycles. The van der Waals surface area contributed by atoms with E-state index >= 15 is 0 Å². The topological polar surface area (TPSA) is 65.0 Å². The van der Waals surface area contributed by atoms with E-state index in [1.165, 1.54) is 16.7 Å². The average Bonchev–Trinajstić information content (AvgIpc) is 3.14. The first kappa shape index (κ1) is 24.1. The molecule has 2 saturated carbocycles. The van der Waals surface area contributed by atoms with Crippen LogP contribution in [0.5, 0.6) is 0 Å². The third-order valence-corrected chi connectivity index (χ3v) is 10.5. The Labute approximate surface area is 210 Å². The summed E-state index contributed by atoms with van der Waals surface area (Å²) in [4.78, 5) is 23.3. The Hall–Kier alpha value is -1.63. The number of halogens is 1. The van der Waals surface area contributed by atoms with Crippen LogP contribution in [-0.2, 0) is 20.8 Å². The van der Waals surface area contributed by atoms with Crippen molar-refractivity contribution in [2.24, 2.45) is 22.4 Å². The number of ketones is 1. The Morgan fingerprint density at radius 3 is 2.53 bits per heavy atom. The van der Waals surface area contributed by atoms with Gasteiger partial charge in [0, 0.05) is 32.0 Å². The SMILES string of the molecule is COC[C@]1(OC)CC[C@H]2[C@@H]3CCC4=C(Br)C(=O)CCC4=C3[C@@H](c3ccc(CN=O)cc3)C[C@@]21C. The Balaban J connectivity index is 1.67. The maximum Gasteiger partial charge on any atom is 0.170 e. The number of benzene rings is 1. The van der Waals surface area contributed by atoms with Crippen molar-refractivity contribution in [3.05, 3.63) is 61.5 Å². The van der Waals surface area contributed by atoms with Gasteiger partial charge in [0.15, 0.2) is 5.78 Å². The number of hydrogen-bond donors (Lipinski definition) is 0. The third kappa shape index (κ3) is 3.51. The van der Waals surface area contributed by atoms with Crippen molar-refractivity contribution in [3.63, 3.8) is 0 Å². The molecule has 0 unspecified atom stereocenters. The van der Waals surface area contributed by atoms with E-state index in [0.717, 1.165) is 48.6 Å². The molecule has 2 fully saturated rings. The van der Waals surface area contributed by atoms with Crippen molar-refractivity contribution < 1.29 is 14.3 Å². The molecule has 0 N–H and O–H groups in total. The highest BCUT2D eigenvalue weighted by Gasteiger charge is 2.63. The second-order valence-corrected chi connectivity index (χ2v) is 11.6. The van der Waals surface area contributed by atoms with Gasteiger partial charge in [0.2, 0.25) is 0 Å². The second-order valence-electron chi connectivity index (χ2n) is 10.8. The van der Waals surface area contributed by atoms with Gasteiger partial charge in [-0.2, -0.15) is 4.91 Å². The number of fused-ring (bicyclic) bond motifs is 4. The van der Waals surface area contributed by atoms with Gasteiger partial charge in [-0.15, -0.1) is 0 Å². The lowest BCUT2D eigenvalue weighted by atomic mass is 9.51. The Morgan fingerprint density at radius 1 is 1.09 bits per heavy atom. The van der Waals surface area contributed by atoms with Crippen molar-refractivity contribution in [2.45, 2.75) is 69.9 Å². The van der Waals surface area contributed by atoms with Crippen LogP contribution in [0.2, 0.25) is 0 Å². The summed E-state index contributed by atoms with van der Waals surface area (Å²) in [6, 6.07) is 8.44. The zero-order chi connectivity index (χ0) is 24.1. The van der Waals surface area contributed by atoms with Crippen LogP contribution in [0.3, 0.4) is 0 Å². The Kier molecular flexibility index (Phi) is 6.45. The van der Waals surface area contributed by atoms with E-state index in [1.807, 2.05) is 19.2 Å². The molecule has 5 nitrogen and oxygen atoms in total. The number of allylic oxidation sites excluding steroid dienone is 4. The van der Waals surface area contributed by atoms with Crippen LogP contribution in [-0.4, -0.2) is 32.2 Å². The molecule has 4 aliphatic rings. The minimum absolute atomic E-state index is 0.0108. The quantitative estimate of drug-likeness (QED) is 0.390. The summed E-state index contributed by atoms with van der Waals surface area (Å²) in [5.41, 5.74) is 6.14. The molecule has 0 amide bonds. The fourth-order valence-corrected chi connectivity index (χ4v) is 8.52. The molecule has 0 spiro atoms. The molecule has 1 aromatic rings. The van der Waals surface area contributed by atoms with Crippen LogP contribution in [0.25, 0.3) is 0 Å². The summed E-state index contributed by atoms with van der Waals surface area (Å²) >= 11 is 3.65. The van der Waals surface area contributed by atoms with Crippen LogP contribution in [0.4, 0.5) is 0 Å². The van der Waals surface area contributed by atoms with Gasteiger partial charge in [-0.05, 0) is 88.6 Å². The molecule has 5 rings (SSSR count). The van der Waals surface area contributed by atoms with Crippen LogP contribution in [0.15, 0.2) is 50.6 Å². The first-order chi connectivity index (χ1) is 16.4. The predicted molar refractivity (Wildman–Crippen MR) is 136 cm³/mol. The summed E-state index contributed by atoms with van der Waals surface area (Å²) in [5, 5.41) is 3.06. The highest BCUT2D eigenvalue weighted by atomic mass is 79.9. The number of methoxy groups -OCH3 is 2. The first-order valence-electron chi connectivity index (χ1n) is 12.5. The van der Waals surface area contributed by atoms with E-state index in [4.69, 9.17) is 9.47 Å². The normalized spacial score (nSPS) is 35.2. The minimum Gasteiger partial charge on any atom is -0.382 e. The van der Waals surface area contributed by atoms with Crippen LogP contribution < -0.4 is 0 Å². The van der Waals surface area contributed by atoms with Crippen molar-refractivity contribution in [2.75, 3.05) is 20.8 Å². The summed E-state index contributed by atoms with van der Waals surface area (Å²) in [7, 11) is 3.63. The molecule has 0 bridgehead atoms. The fraction of sp³-hybridized carbons (Fsp3) is 0.607. The lowest BCUT2D eigenvalue weighted by Gasteiger charge is -2.55. The van der Waals surface area contributed by atoms with E-state index in [2.05, 4.69) is 40.2 Å². The zero-order valence-corrected chi connectivity index (χ0v) is 21.9. The molecule has 1 aromatic carbocycles. The van der Waals surface area contributed by atoms with Gasteiger partial charge < -0.3 is 9.47 Å². The second kappa shape index (κ2) is 9.11. The first-order valence-corrected chi connectivity index (χ1v) is 13.3. The maximum atomic E-state index is 12.5. The lowest BCUT2D eigenvalue weighted by molar-refractivity contribution is -0.149. The van der Waals surface area contributed by atoms with Gasteiger partial charge in [0.25, 0.3) is 0 Å². The summed E-state index contributed by atoms with van der Waals surface area (Å²) in [6.07, 6.45) is 6.62. The standard InChI is InChI=1S/C28H34BrNO4/c1-27-14-22(18-6-4-17(5-7-18)15-30-32)25-19-10-11-24(31)26(29)20(19)8-9-21(25)23(27)12-13-28(27,34-3)16-33-2/h4-7,21-23H,8-16H2,1-3H3/t21-,22+,23-,27-,28+/m0/s1. The van der Waals surface area contributed by atoms with Gasteiger partial charge in [-0.25, -0.2) is 0 Å². The average molecular weight is 528 g/mol. The largest absolute Gasteiger partial charge is 0.382 e. The van der Waals surface area contributed by atoms with E-state index in [9.17, 15) is 9.70 Å². The maximum absolute atomic E-state index is 12.5. The molecule has 34 heavy (non-hydrogen) atoms. The van der Waals surface area contributed by atoms with Gasteiger partial charge in [-0.1, -0.05) is 41.9 Å². The highest BCUT2D eigenvalue weighted by molar-refractivity contribution is 9.12. The molecular weight excluding hydrogens is 494 g/mol. The zero-order valence-electron chi connectivity index (χ0n) is 20.4. The van der Waals surface area contributed by atoms with Crippen molar-refractivity contribution in [3.8, 4) is 0 Å². The molecule has 0 heterocycles. The van der Waals surface area contributed by atoms with Gasteiger partial charge in [0.1, 0.15) is 6.54 Å². The fourth-order valence-electron chi connectivity index (χ4n) is 7.88. The van der Waals surface area contributed by atoms with Crippen molar-refractivity contribution >= 4 is 21.7 Å². The summed E-state index contributed by atoms with van der Waals surface area (Å²) in [5.74, 6) is 1.52.